The summed E-state index contributed by atoms with van der Waals surface area (Å²) in [6.45, 7) is 9.59. The molecule has 1 saturated heterocycles. The molecule has 0 unspecified atom stereocenters. The maximum atomic E-state index is 12.4. The molecule has 0 aliphatic carbocycles. The molecule has 1 aliphatic rings. The van der Waals surface area contributed by atoms with Crippen LogP contribution in [0.5, 0.6) is 0 Å². The Morgan fingerprint density at radius 1 is 1.10 bits per heavy atom. The van der Waals surface area contributed by atoms with E-state index in [4.69, 9.17) is 9.15 Å². The molecule has 3 rings (SSSR count). The molecule has 1 aromatic heterocycles. The molecule has 0 radical (unpaired) electrons. The van der Waals surface area contributed by atoms with Crippen LogP contribution in [-0.4, -0.2) is 62.2 Å². The highest BCUT2D eigenvalue weighted by atomic mass is 16.5. The number of furan rings is 1. The SMILES string of the molecule is CN=C(NCc1cccc(C(=O)NCc2ccco2)c1)NCC(C)(C)N1CCOCC1. The number of ether oxygens (including phenoxy) is 1. The first-order chi connectivity index (χ1) is 15.0. The minimum absolute atomic E-state index is 0.00655. The summed E-state index contributed by atoms with van der Waals surface area (Å²) < 4.78 is 10.7. The summed E-state index contributed by atoms with van der Waals surface area (Å²) in [5.74, 6) is 1.32. The Hall–Kier alpha value is -2.84. The molecule has 8 heteroatoms. The smallest absolute Gasteiger partial charge is 0.251 e. The van der Waals surface area contributed by atoms with Crippen molar-refractivity contribution < 1.29 is 13.9 Å². The topological polar surface area (TPSA) is 91.1 Å². The highest BCUT2D eigenvalue weighted by Gasteiger charge is 2.28. The first-order valence-electron chi connectivity index (χ1n) is 10.6. The van der Waals surface area contributed by atoms with Crippen LogP contribution < -0.4 is 16.0 Å². The monoisotopic (exact) mass is 427 g/mol. The second-order valence-corrected chi connectivity index (χ2v) is 8.15. The van der Waals surface area contributed by atoms with Crippen molar-refractivity contribution in [1.29, 1.82) is 0 Å². The number of nitrogens with one attached hydrogen (secondary N) is 3. The Morgan fingerprint density at radius 3 is 2.61 bits per heavy atom. The first-order valence-corrected chi connectivity index (χ1v) is 10.6. The second kappa shape index (κ2) is 11.0. The number of rotatable bonds is 8. The van der Waals surface area contributed by atoms with Gasteiger partial charge >= 0.3 is 0 Å². The van der Waals surface area contributed by atoms with Gasteiger partial charge in [0.25, 0.3) is 5.91 Å². The lowest BCUT2D eigenvalue weighted by Crippen LogP contribution is -2.56. The number of hydrogen-bond acceptors (Lipinski definition) is 5. The van der Waals surface area contributed by atoms with Crippen molar-refractivity contribution in [3.63, 3.8) is 0 Å². The lowest BCUT2D eigenvalue weighted by atomic mass is 10.0. The molecule has 0 atom stereocenters. The number of hydrogen-bond donors (Lipinski definition) is 3. The minimum Gasteiger partial charge on any atom is -0.467 e. The van der Waals surface area contributed by atoms with Gasteiger partial charge < -0.3 is 25.1 Å². The quantitative estimate of drug-likeness (QED) is 0.441. The maximum absolute atomic E-state index is 12.4. The zero-order chi connectivity index (χ0) is 22.1. The third-order valence-electron chi connectivity index (χ3n) is 5.43. The van der Waals surface area contributed by atoms with E-state index in [9.17, 15) is 4.79 Å². The molecule has 2 aromatic rings. The first kappa shape index (κ1) is 22.8. The van der Waals surface area contributed by atoms with Gasteiger partial charge in [0, 0.05) is 44.3 Å². The number of guanidine groups is 1. The Labute approximate surface area is 184 Å². The van der Waals surface area contributed by atoms with Gasteiger partial charge in [-0.1, -0.05) is 12.1 Å². The van der Waals surface area contributed by atoms with Crippen LogP contribution in [0.15, 0.2) is 52.1 Å². The van der Waals surface area contributed by atoms with Gasteiger partial charge in [-0.15, -0.1) is 0 Å². The van der Waals surface area contributed by atoms with Gasteiger partial charge in [0.15, 0.2) is 5.96 Å². The summed E-state index contributed by atoms with van der Waals surface area (Å²) in [6, 6.07) is 11.2. The van der Waals surface area contributed by atoms with E-state index < -0.39 is 0 Å². The highest BCUT2D eigenvalue weighted by Crippen LogP contribution is 2.15. The van der Waals surface area contributed by atoms with Crippen LogP contribution in [0.25, 0.3) is 0 Å². The molecule has 2 heterocycles. The Morgan fingerprint density at radius 2 is 1.90 bits per heavy atom. The molecule has 168 valence electrons. The van der Waals surface area contributed by atoms with Crippen molar-refractivity contribution in [3.05, 3.63) is 59.5 Å². The van der Waals surface area contributed by atoms with Crippen LogP contribution in [0.2, 0.25) is 0 Å². The second-order valence-electron chi connectivity index (χ2n) is 8.15. The van der Waals surface area contributed by atoms with Gasteiger partial charge in [0.2, 0.25) is 0 Å². The van der Waals surface area contributed by atoms with Crippen LogP contribution in [-0.2, 0) is 17.8 Å². The number of morpholine rings is 1. The summed E-state index contributed by atoms with van der Waals surface area (Å²) in [6.07, 6.45) is 1.59. The van der Waals surface area contributed by atoms with Crippen LogP contribution in [0.1, 0.15) is 35.5 Å². The Kier molecular flexibility index (Phi) is 8.08. The van der Waals surface area contributed by atoms with E-state index in [2.05, 4.69) is 39.7 Å². The molecule has 1 amide bonds. The van der Waals surface area contributed by atoms with Crippen LogP contribution in [0.4, 0.5) is 0 Å². The summed E-state index contributed by atoms with van der Waals surface area (Å²) in [5.41, 5.74) is 1.61. The number of nitrogens with zero attached hydrogens (tertiary/aromatic N) is 2. The van der Waals surface area contributed by atoms with Gasteiger partial charge in [0.1, 0.15) is 5.76 Å². The van der Waals surface area contributed by atoms with Crippen LogP contribution in [0, 0.1) is 0 Å². The summed E-state index contributed by atoms with van der Waals surface area (Å²) in [4.78, 5) is 19.2. The van der Waals surface area contributed by atoms with E-state index in [1.165, 1.54) is 0 Å². The van der Waals surface area contributed by atoms with E-state index >= 15 is 0 Å². The van der Waals surface area contributed by atoms with Crippen LogP contribution in [0.3, 0.4) is 0 Å². The average Bonchev–Trinajstić information content (AvgIpc) is 3.32. The van der Waals surface area contributed by atoms with Gasteiger partial charge in [0.05, 0.1) is 26.0 Å². The van der Waals surface area contributed by atoms with Gasteiger partial charge in [-0.25, -0.2) is 0 Å². The molecule has 31 heavy (non-hydrogen) atoms. The molecule has 3 N–H and O–H groups in total. The molecule has 1 aliphatic heterocycles. The zero-order valence-corrected chi connectivity index (χ0v) is 18.6. The molecule has 8 nitrogen and oxygen atoms in total. The average molecular weight is 428 g/mol. The van der Waals surface area contributed by atoms with E-state index in [1.54, 1.807) is 25.4 Å². The normalized spacial score (nSPS) is 15.5. The van der Waals surface area contributed by atoms with E-state index in [0.29, 0.717) is 18.7 Å². The van der Waals surface area contributed by atoms with Gasteiger partial charge in [-0.3, -0.25) is 14.7 Å². The van der Waals surface area contributed by atoms with Gasteiger partial charge in [-0.05, 0) is 43.7 Å². The van der Waals surface area contributed by atoms with E-state index in [1.807, 2.05) is 24.3 Å². The van der Waals surface area contributed by atoms with E-state index in [0.717, 1.165) is 50.1 Å². The fraction of sp³-hybridized carbons (Fsp3) is 0.478. The molecule has 0 saturated carbocycles. The molecule has 1 aromatic carbocycles. The highest BCUT2D eigenvalue weighted by molar-refractivity contribution is 5.94. The van der Waals surface area contributed by atoms with Gasteiger partial charge in [-0.2, -0.15) is 0 Å². The largest absolute Gasteiger partial charge is 0.467 e. The third kappa shape index (κ3) is 6.83. The Bertz CT molecular complexity index is 858. The third-order valence-corrected chi connectivity index (χ3v) is 5.43. The molecular formula is C23H33N5O3. The maximum Gasteiger partial charge on any atom is 0.251 e. The van der Waals surface area contributed by atoms with Crippen molar-refractivity contribution in [1.82, 2.24) is 20.9 Å². The number of aliphatic imine (C=N–C) groups is 1. The summed E-state index contributed by atoms with van der Waals surface area (Å²) in [5, 5.41) is 9.62. The predicted octanol–water partition coefficient (Wildman–Crippen LogP) is 1.99. The number of carbonyl (C=O) groups excluding carboxylic acids is 1. The fourth-order valence-corrected chi connectivity index (χ4v) is 3.49. The van der Waals surface area contributed by atoms with Crippen molar-refractivity contribution >= 4 is 11.9 Å². The number of carbonyl (C=O) groups is 1. The number of amides is 1. The summed E-state index contributed by atoms with van der Waals surface area (Å²) in [7, 11) is 1.76. The van der Waals surface area contributed by atoms with Crippen molar-refractivity contribution in [3.8, 4) is 0 Å². The Balaban J connectivity index is 1.48. The zero-order valence-electron chi connectivity index (χ0n) is 18.6. The lowest BCUT2D eigenvalue weighted by Gasteiger charge is -2.41. The minimum atomic E-state index is -0.131. The molecule has 1 fully saturated rings. The fourth-order valence-electron chi connectivity index (χ4n) is 3.49. The molecule has 0 spiro atoms. The predicted molar refractivity (Wildman–Crippen MR) is 121 cm³/mol. The molecule has 0 bridgehead atoms. The molecular weight excluding hydrogens is 394 g/mol. The summed E-state index contributed by atoms with van der Waals surface area (Å²) >= 11 is 0. The van der Waals surface area contributed by atoms with Crippen LogP contribution >= 0.6 is 0 Å². The lowest BCUT2D eigenvalue weighted by molar-refractivity contribution is -0.00834. The van der Waals surface area contributed by atoms with E-state index in [-0.39, 0.29) is 11.4 Å². The van der Waals surface area contributed by atoms with Crippen molar-refractivity contribution in [2.24, 2.45) is 4.99 Å². The standard InChI is InChI=1S/C23H33N5O3/c1-23(2,28-9-12-30-13-10-28)17-27-22(24-3)26-15-18-6-4-7-19(14-18)21(29)25-16-20-8-5-11-31-20/h4-8,11,14H,9-10,12-13,15-17H2,1-3H3,(H,25,29)(H2,24,26,27). The van der Waals surface area contributed by atoms with Crippen molar-refractivity contribution in [2.75, 3.05) is 39.9 Å². The number of benzene rings is 1. The van der Waals surface area contributed by atoms with Crippen molar-refractivity contribution in [2.45, 2.75) is 32.5 Å².